The molecule has 2 rings (SSSR count). The molecule has 6 heteroatoms. The van der Waals surface area contributed by atoms with Crippen LogP contribution >= 0.6 is 0 Å². The maximum absolute atomic E-state index is 12.5. The molecular formula is C14H16N2O3S. The number of aromatic nitrogens is 1. The van der Waals surface area contributed by atoms with Crippen LogP contribution in [0.15, 0.2) is 47.5 Å². The lowest BCUT2D eigenvalue weighted by molar-refractivity contribution is 0.0988. The van der Waals surface area contributed by atoms with E-state index in [9.17, 15) is 13.2 Å². The molecule has 1 aromatic carbocycles. The van der Waals surface area contributed by atoms with E-state index in [1.54, 1.807) is 25.2 Å². The van der Waals surface area contributed by atoms with Crippen molar-refractivity contribution in [3.05, 3.63) is 53.9 Å². The van der Waals surface area contributed by atoms with Crippen molar-refractivity contribution >= 4 is 15.8 Å². The first-order valence-corrected chi connectivity index (χ1v) is 7.58. The zero-order valence-corrected chi connectivity index (χ0v) is 12.1. The van der Waals surface area contributed by atoms with Crippen molar-refractivity contribution < 1.29 is 13.2 Å². The summed E-state index contributed by atoms with van der Waals surface area (Å²) in [4.78, 5) is 12.1. The van der Waals surface area contributed by atoms with Gasteiger partial charge in [-0.2, -0.15) is 0 Å². The standard InChI is InChI=1S/C14H16N2O3S/c1-11-5-7-12(8-6-11)20(18,19)16-9-3-4-13(16)14(17)10-15-2/h3-9,15H,10H2,1-2H3. The number of hydrogen-bond donors (Lipinski definition) is 1. The number of carbonyl (C=O) groups excluding carboxylic acids is 1. The first-order valence-electron chi connectivity index (χ1n) is 6.14. The lowest BCUT2D eigenvalue weighted by atomic mass is 10.2. The zero-order chi connectivity index (χ0) is 14.8. The van der Waals surface area contributed by atoms with E-state index in [0.29, 0.717) is 0 Å². The zero-order valence-electron chi connectivity index (χ0n) is 11.3. The lowest BCUT2D eigenvalue weighted by Gasteiger charge is -2.10. The van der Waals surface area contributed by atoms with Crippen molar-refractivity contribution in [2.45, 2.75) is 11.8 Å². The van der Waals surface area contributed by atoms with Crippen molar-refractivity contribution in [1.82, 2.24) is 9.29 Å². The van der Waals surface area contributed by atoms with Gasteiger partial charge in [0, 0.05) is 6.20 Å². The maximum Gasteiger partial charge on any atom is 0.268 e. The number of rotatable bonds is 5. The summed E-state index contributed by atoms with van der Waals surface area (Å²) in [6, 6.07) is 9.59. The van der Waals surface area contributed by atoms with Gasteiger partial charge in [-0.25, -0.2) is 12.4 Å². The normalized spacial score (nSPS) is 11.5. The van der Waals surface area contributed by atoms with Gasteiger partial charge in [0.2, 0.25) is 0 Å². The number of likely N-dealkylation sites (N-methyl/N-ethyl adjacent to an activating group) is 1. The highest BCUT2D eigenvalue weighted by Crippen LogP contribution is 2.17. The molecule has 0 amide bonds. The minimum atomic E-state index is -3.74. The van der Waals surface area contributed by atoms with E-state index in [1.807, 2.05) is 6.92 Å². The molecule has 0 spiro atoms. The molecule has 0 bridgehead atoms. The highest BCUT2D eigenvalue weighted by Gasteiger charge is 2.21. The van der Waals surface area contributed by atoms with E-state index >= 15 is 0 Å². The smallest absolute Gasteiger partial charge is 0.268 e. The van der Waals surface area contributed by atoms with Gasteiger partial charge in [-0.15, -0.1) is 0 Å². The van der Waals surface area contributed by atoms with Crippen LogP contribution in [0, 0.1) is 6.92 Å². The molecule has 0 radical (unpaired) electrons. The SMILES string of the molecule is CNCC(=O)c1cccn1S(=O)(=O)c1ccc(C)cc1. The quantitative estimate of drug-likeness (QED) is 0.847. The van der Waals surface area contributed by atoms with Crippen LogP contribution in [0.2, 0.25) is 0 Å². The summed E-state index contributed by atoms with van der Waals surface area (Å²) in [5.41, 5.74) is 1.13. The third-order valence-electron chi connectivity index (χ3n) is 2.91. The third kappa shape index (κ3) is 2.66. The van der Waals surface area contributed by atoms with Crippen LogP contribution in [-0.4, -0.2) is 31.8 Å². The Morgan fingerprint density at radius 3 is 2.45 bits per heavy atom. The Bertz CT molecular complexity index is 715. The van der Waals surface area contributed by atoms with Crippen molar-refractivity contribution in [2.75, 3.05) is 13.6 Å². The topological polar surface area (TPSA) is 68.2 Å². The Morgan fingerprint density at radius 1 is 1.20 bits per heavy atom. The van der Waals surface area contributed by atoms with E-state index in [2.05, 4.69) is 5.32 Å². The molecule has 106 valence electrons. The van der Waals surface area contributed by atoms with Gasteiger partial charge in [0.25, 0.3) is 10.0 Å². The molecule has 0 saturated heterocycles. The summed E-state index contributed by atoms with van der Waals surface area (Å²) in [5, 5.41) is 2.72. The number of ketones is 1. The Balaban J connectivity index is 2.48. The second-order valence-corrected chi connectivity index (χ2v) is 6.28. The molecule has 0 aliphatic carbocycles. The summed E-state index contributed by atoms with van der Waals surface area (Å²) in [7, 11) is -2.10. The molecule has 0 atom stereocenters. The Labute approximate surface area is 118 Å². The number of nitrogens with one attached hydrogen (secondary N) is 1. The van der Waals surface area contributed by atoms with E-state index in [0.717, 1.165) is 9.54 Å². The van der Waals surface area contributed by atoms with Crippen LogP contribution in [0.1, 0.15) is 16.1 Å². The Kier molecular flexibility index (Phi) is 4.06. The minimum Gasteiger partial charge on any atom is -0.313 e. The largest absolute Gasteiger partial charge is 0.313 e. The van der Waals surface area contributed by atoms with Crippen LogP contribution < -0.4 is 5.32 Å². The van der Waals surface area contributed by atoms with Gasteiger partial charge in [-0.3, -0.25) is 4.79 Å². The lowest BCUT2D eigenvalue weighted by Crippen LogP contribution is -2.24. The summed E-state index contributed by atoms with van der Waals surface area (Å²) < 4.78 is 26.1. The first-order chi connectivity index (χ1) is 9.46. The average molecular weight is 292 g/mol. The molecule has 1 heterocycles. The van der Waals surface area contributed by atoms with Gasteiger partial charge in [0.1, 0.15) is 5.69 Å². The fourth-order valence-electron chi connectivity index (χ4n) is 1.87. The van der Waals surface area contributed by atoms with Crippen LogP contribution in [-0.2, 0) is 10.0 Å². The number of carbonyl (C=O) groups is 1. The molecule has 0 fully saturated rings. The summed E-state index contributed by atoms with van der Waals surface area (Å²) in [6.45, 7) is 1.97. The average Bonchev–Trinajstić information content (AvgIpc) is 2.89. The summed E-state index contributed by atoms with van der Waals surface area (Å²) in [6.07, 6.45) is 1.39. The molecule has 0 saturated carbocycles. The van der Waals surface area contributed by atoms with Crippen LogP contribution in [0.4, 0.5) is 0 Å². The van der Waals surface area contributed by atoms with Crippen molar-refractivity contribution in [3.63, 3.8) is 0 Å². The number of nitrogens with zero attached hydrogens (tertiary/aromatic N) is 1. The monoisotopic (exact) mass is 292 g/mol. The van der Waals surface area contributed by atoms with Gasteiger partial charge in [0.15, 0.2) is 5.78 Å². The van der Waals surface area contributed by atoms with E-state index < -0.39 is 10.0 Å². The van der Waals surface area contributed by atoms with Gasteiger partial charge in [-0.1, -0.05) is 17.7 Å². The van der Waals surface area contributed by atoms with E-state index in [1.165, 1.54) is 24.4 Å². The Hall–Kier alpha value is -1.92. The second-order valence-electron chi connectivity index (χ2n) is 4.46. The third-order valence-corrected chi connectivity index (χ3v) is 4.62. The molecule has 0 unspecified atom stereocenters. The molecule has 1 aromatic heterocycles. The first kappa shape index (κ1) is 14.5. The summed E-state index contributed by atoms with van der Waals surface area (Å²) in [5.74, 6) is -0.270. The van der Waals surface area contributed by atoms with E-state index in [-0.39, 0.29) is 22.9 Å². The van der Waals surface area contributed by atoms with Gasteiger partial charge in [-0.05, 0) is 38.2 Å². The minimum absolute atomic E-state index is 0.0907. The molecule has 0 aliphatic rings. The summed E-state index contributed by atoms with van der Waals surface area (Å²) >= 11 is 0. The van der Waals surface area contributed by atoms with E-state index in [4.69, 9.17) is 0 Å². The highest BCUT2D eigenvalue weighted by atomic mass is 32.2. The van der Waals surface area contributed by atoms with Gasteiger partial charge >= 0.3 is 0 Å². The molecule has 2 aromatic rings. The molecule has 20 heavy (non-hydrogen) atoms. The van der Waals surface area contributed by atoms with Gasteiger partial charge in [0.05, 0.1) is 11.4 Å². The van der Waals surface area contributed by atoms with Crippen LogP contribution in [0.25, 0.3) is 0 Å². The van der Waals surface area contributed by atoms with Gasteiger partial charge < -0.3 is 5.32 Å². The predicted molar refractivity (Wildman–Crippen MR) is 76.5 cm³/mol. The molecule has 0 aliphatic heterocycles. The van der Waals surface area contributed by atoms with Crippen LogP contribution in [0.3, 0.4) is 0 Å². The second kappa shape index (κ2) is 5.60. The molecule has 5 nitrogen and oxygen atoms in total. The van der Waals surface area contributed by atoms with Crippen molar-refractivity contribution in [3.8, 4) is 0 Å². The predicted octanol–water partition coefficient (Wildman–Crippen LogP) is 1.44. The Morgan fingerprint density at radius 2 is 1.85 bits per heavy atom. The van der Waals surface area contributed by atoms with Crippen molar-refractivity contribution in [1.29, 1.82) is 0 Å². The fourth-order valence-corrected chi connectivity index (χ4v) is 3.23. The maximum atomic E-state index is 12.5. The number of Topliss-reactive ketones (excluding diaryl/α,β-unsaturated/α-hetero) is 1. The molecule has 1 N–H and O–H groups in total. The highest BCUT2D eigenvalue weighted by molar-refractivity contribution is 7.90. The fraction of sp³-hybridized carbons (Fsp3) is 0.214. The van der Waals surface area contributed by atoms with Crippen molar-refractivity contribution in [2.24, 2.45) is 0 Å². The number of benzene rings is 1. The number of hydrogen-bond acceptors (Lipinski definition) is 4. The molecular weight excluding hydrogens is 276 g/mol. The number of aryl methyl sites for hydroxylation is 1. The van der Waals surface area contributed by atoms with Crippen LogP contribution in [0.5, 0.6) is 0 Å².